The Hall–Kier alpha value is -1.70. The molecule has 2 aromatic rings. The first-order valence-corrected chi connectivity index (χ1v) is 9.39. The lowest BCUT2D eigenvalue weighted by atomic mass is 9.90. The van der Waals surface area contributed by atoms with Gasteiger partial charge in [-0.25, -0.2) is 19.5 Å². The van der Waals surface area contributed by atoms with Gasteiger partial charge in [0.2, 0.25) is 0 Å². The highest BCUT2D eigenvalue weighted by molar-refractivity contribution is 7.46. The minimum Gasteiger partial charge on any atom is -0.394 e. The summed E-state index contributed by atoms with van der Waals surface area (Å²) in [5, 5.41) is 20.9. The van der Waals surface area contributed by atoms with E-state index in [4.69, 9.17) is 19.7 Å². The Balaban J connectivity index is 2.09. The first kappa shape index (κ1) is 20.0. The molecule has 2 aromatic heterocycles. The molecule has 1 aliphatic heterocycles. The number of aliphatic hydroxyl groups is 2. The van der Waals surface area contributed by atoms with Gasteiger partial charge in [0.05, 0.1) is 12.9 Å². The fourth-order valence-electron chi connectivity index (χ4n) is 3.14. The number of fused-ring (bicyclic) bond motifs is 1. The fraction of sp³-hybridized carbons (Fsp3) is 0.615. The van der Waals surface area contributed by atoms with E-state index in [-0.39, 0.29) is 30.0 Å². The largest absolute Gasteiger partial charge is 0.470 e. The minimum atomic E-state index is -5.00. The number of hydrogen-bond donors (Lipinski definition) is 5. The summed E-state index contributed by atoms with van der Waals surface area (Å²) < 4.78 is 28.2. The Morgan fingerprint density at radius 2 is 2.15 bits per heavy atom. The molecule has 0 unspecified atom stereocenters. The number of aliphatic hydroxyl groups excluding tert-OH is 1. The van der Waals surface area contributed by atoms with Crippen LogP contribution in [0.25, 0.3) is 11.2 Å². The van der Waals surface area contributed by atoms with E-state index in [0.717, 1.165) is 0 Å². The molecule has 0 radical (unpaired) electrons. The highest BCUT2D eigenvalue weighted by atomic mass is 31.2. The lowest BCUT2D eigenvalue weighted by Crippen LogP contribution is -2.49. The average molecular weight is 405 g/mol. The standard InChI is InChI=1S/C13H20N5O8P/c1-24-3-2-13(20)9(26-27(21,22)23)7(4-19)25-12(13)18-6-17-8-10(14)15-5-16-11(8)18/h5-7,9,12,19-20H,2-4H2,1H3,(H2,14,15,16)(H2,21,22,23)/t7-,9-,12-,13-/m1/s1. The van der Waals surface area contributed by atoms with Crippen molar-refractivity contribution in [3.05, 3.63) is 12.7 Å². The molecule has 13 nitrogen and oxygen atoms in total. The van der Waals surface area contributed by atoms with Crippen molar-refractivity contribution in [1.82, 2.24) is 19.5 Å². The van der Waals surface area contributed by atoms with Crippen molar-refractivity contribution in [2.75, 3.05) is 26.1 Å². The van der Waals surface area contributed by atoms with Crippen LogP contribution in [0, 0.1) is 0 Å². The number of ether oxygens (including phenoxy) is 2. The first-order chi connectivity index (χ1) is 12.7. The molecule has 1 aliphatic rings. The summed E-state index contributed by atoms with van der Waals surface area (Å²) in [4.78, 5) is 30.4. The molecule has 4 atom stereocenters. The minimum absolute atomic E-state index is 0.0271. The van der Waals surface area contributed by atoms with Crippen molar-refractivity contribution in [1.29, 1.82) is 0 Å². The highest BCUT2D eigenvalue weighted by Crippen LogP contribution is 2.49. The van der Waals surface area contributed by atoms with E-state index >= 15 is 0 Å². The fourth-order valence-corrected chi connectivity index (χ4v) is 3.76. The second kappa shape index (κ2) is 7.37. The monoisotopic (exact) mass is 405 g/mol. The van der Waals surface area contributed by atoms with Gasteiger partial charge in [-0.3, -0.25) is 9.09 Å². The van der Waals surface area contributed by atoms with E-state index in [9.17, 15) is 24.6 Å². The van der Waals surface area contributed by atoms with Crippen molar-refractivity contribution in [3.8, 4) is 0 Å². The summed E-state index contributed by atoms with van der Waals surface area (Å²) in [6.07, 6.45) is -1.62. The number of imidazole rings is 1. The van der Waals surface area contributed by atoms with Gasteiger partial charge in [0.1, 0.15) is 29.7 Å². The van der Waals surface area contributed by atoms with Crippen molar-refractivity contribution < 1.29 is 38.6 Å². The Bertz CT molecular complexity index is 858. The van der Waals surface area contributed by atoms with Crippen LogP contribution in [-0.2, 0) is 18.6 Å². The number of nitrogens with zero attached hydrogens (tertiary/aromatic N) is 4. The lowest BCUT2D eigenvalue weighted by Gasteiger charge is -2.33. The number of aromatic nitrogens is 4. The van der Waals surface area contributed by atoms with Crippen LogP contribution in [0.3, 0.4) is 0 Å². The van der Waals surface area contributed by atoms with Crippen LogP contribution in [0.5, 0.6) is 0 Å². The Morgan fingerprint density at radius 3 is 2.78 bits per heavy atom. The molecule has 0 amide bonds. The van der Waals surface area contributed by atoms with Crippen LogP contribution < -0.4 is 5.73 Å². The van der Waals surface area contributed by atoms with Crippen LogP contribution in [0.4, 0.5) is 5.82 Å². The average Bonchev–Trinajstić information content (AvgIpc) is 3.13. The molecular weight excluding hydrogens is 385 g/mol. The molecule has 6 N–H and O–H groups in total. The molecule has 0 saturated carbocycles. The van der Waals surface area contributed by atoms with E-state index in [0.29, 0.717) is 0 Å². The summed E-state index contributed by atoms with van der Waals surface area (Å²) in [6, 6.07) is 0. The summed E-state index contributed by atoms with van der Waals surface area (Å²) in [5.74, 6) is 0.110. The molecule has 0 spiro atoms. The predicted molar refractivity (Wildman–Crippen MR) is 89.1 cm³/mol. The van der Waals surface area contributed by atoms with E-state index in [1.54, 1.807) is 0 Å². The van der Waals surface area contributed by atoms with Gasteiger partial charge in [0.25, 0.3) is 0 Å². The molecule has 0 bridgehead atoms. The number of phosphoric acid groups is 1. The van der Waals surface area contributed by atoms with Crippen molar-refractivity contribution >= 4 is 24.8 Å². The van der Waals surface area contributed by atoms with Crippen molar-refractivity contribution in [3.63, 3.8) is 0 Å². The molecule has 0 aliphatic carbocycles. The van der Waals surface area contributed by atoms with Gasteiger partial charge in [0, 0.05) is 20.1 Å². The maximum atomic E-state index is 11.4. The van der Waals surface area contributed by atoms with Crippen LogP contribution in [-0.4, -0.2) is 77.7 Å². The van der Waals surface area contributed by atoms with E-state index in [2.05, 4.69) is 15.0 Å². The number of rotatable bonds is 7. The van der Waals surface area contributed by atoms with Crippen molar-refractivity contribution in [2.24, 2.45) is 0 Å². The van der Waals surface area contributed by atoms with Gasteiger partial charge in [-0.2, -0.15) is 0 Å². The molecule has 0 aromatic carbocycles. The van der Waals surface area contributed by atoms with Crippen LogP contribution in [0.2, 0.25) is 0 Å². The van der Waals surface area contributed by atoms with Gasteiger partial charge < -0.3 is 35.2 Å². The lowest BCUT2D eigenvalue weighted by molar-refractivity contribution is -0.118. The number of nitrogen functional groups attached to an aromatic ring is 1. The van der Waals surface area contributed by atoms with Gasteiger partial charge in [0.15, 0.2) is 17.7 Å². The smallest absolute Gasteiger partial charge is 0.394 e. The Morgan fingerprint density at radius 1 is 1.41 bits per heavy atom. The zero-order valence-corrected chi connectivity index (χ0v) is 15.1. The second-order valence-electron chi connectivity index (χ2n) is 6.04. The molecule has 3 heterocycles. The maximum absolute atomic E-state index is 11.4. The second-order valence-corrected chi connectivity index (χ2v) is 7.24. The van der Waals surface area contributed by atoms with Crippen LogP contribution >= 0.6 is 7.82 Å². The van der Waals surface area contributed by atoms with Gasteiger partial charge >= 0.3 is 7.82 Å². The number of nitrogens with two attached hydrogens (primary N) is 1. The quantitative estimate of drug-likeness (QED) is 0.336. The number of methoxy groups -OCH3 is 1. The van der Waals surface area contributed by atoms with E-state index in [1.165, 1.54) is 24.3 Å². The van der Waals surface area contributed by atoms with E-state index < -0.39 is 38.5 Å². The molecule has 3 rings (SSSR count). The zero-order chi connectivity index (χ0) is 19.8. The molecule has 14 heteroatoms. The zero-order valence-electron chi connectivity index (χ0n) is 14.2. The predicted octanol–water partition coefficient (Wildman–Crippen LogP) is -1.46. The van der Waals surface area contributed by atoms with E-state index in [1.807, 2.05) is 0 Å². The summed E-state index contributed by atoms with van der Waals surface area (Å²) in [6.45, 7) is -0.626. The highest BCUT2D eigenvalue weighted by Gasteiger charge is 2.59. The third-order valence-corrected chi connectivity index (χ3v) is 4.84. The molecule has 1 fully saturated rings. The molecular formula is C13H20N5O8P. The molecule has 150 valence electrons. The van der Waals surface area contributed by atoms with Crippen molar-refractivity contribution in [2.45, 2.75) is 30.5 Å². The van der Waals surface area contributed by atoms with Gasteiger partial charge in [-0.05, 0) is 0 Å². The van der Waals surface area contributed by atoms with Crippen LogP contribution in [0.15, 0.2) is 12.7 Å². The first-order valence-electron chi connectivity index (χ1n) is 7.86. The molecule has 27 heavy (non-hydrogen) atoms. The summed E-state index contributed by atoms with van der Waals surface area (Å²) in [7, 11) is -3.60. The Labute approximate surface area is 153 Å². The number of anilines is 1. The third-order valence-electron chi connectivity index (χ3n) is 4.34. The SMILES string of the molecule is COCC[C@@]1(O)[C@H](OP(=O)(O)O)[C@@H](CO)O[C@H]1n1cnc2c(N)ncnc21. The number of hydrogen-bond acceptors (Lipinski definition) is 10. The van der Waals surface area contributed by atoms with Crippen LogP contribution in [0.1, 0.15) is 12.6 Å². The maximum Gasteiger partial charge on any atom is 0.470 e. The van der Waals surface area contributed by atoms with Gasteiger partial charge in [-0.15, -0.1) is 0 Å². The van der Waals surface area contributed by atoms with Gasteiger partial charge in [-0.1, -0.05) is 0 Å². The normalized spacial score (nSPS) is 28.9. The number of phosphoric ester groups is 1. The topological polar surface area (TPSA) is 195 Å². The summed E-state index contributed by atoms with van der Waals surface area (Å²) >= 11 is 0. The third kappa shape index (κ3) is 3.68. The Kier molecular flexibility index (Phi) is 5.47. The summed E-state index contributed by atoms with van der Waals surface area (Å²) in [5.41, 5.74) is 4.28. The molecule has 1 saturated heterocycles.